The van der Waals surface area contributed by atoms with Crippen molar-refractivity contribution in [3.05, 3.63) is 89.9 Å². The summed E-state index contributed by atoms with van der Waals surface area (Å²) in [6.07, 6.45) is 1.40. The van der Waals surface area contributed by atoms with Gasteiger partial charge < -0.3 is 14.5 Å². The maximum atomic E-state index is 12.1. The van der Waals surface area contributed by atoms with Gasteiger partial charge >= 0.3 is 5.97 Å². The van der Waals surface area contributed by atoms with Crippen LogP contribution in [0.1, 0.15) is 31.3 Å². The Morgan fingerprint density at radius 2 is 1.65 bits per heavy atom. The predicted octanol–water partition coefficient (Wildman–Crippen LogP) is 3.57. The highest BCUT2D eigenvalue weighted by atomic mass is 16.5. The summed E-state index contributed by atoms with van der Waals surface area (Å²) >= 11 is 0. The van der Waals surface area contributed by atoms with Crippen molar-refractivity contribution < 1.29 is 23.5 Å². The van der Waals surface area contributed by atoms with Crippen molar-refractivity contribution in [2.24, 2.45) is 0 Å². The van der Waals surface area contributed by atoms with Crippen molar-refractivity contribution >= 4 is 23.3 Å². The monoisotopic (exact) mass is 349 g/mol. The summed E-state index contributed by atoms with van der Waals surface area (Å²) < 4.78 is 10.1. The van der Waals surface area contributed by atoms with E-state index in [0.29, 0.717) is 11.3 Å². The quantitative estimate of drug-likeness (QED) is 0.543. The van der Waals surface area contributed by atoms with E-state index in [-0.39, 0.29) is 23.7 Å². The number of nitrogens with one attached hydrogen (secondary N) is 1. The molecule has 0 spiro atoms. The second kappa shape index (κ2) is 7.94. The number of carbonyl (C=O) groups is 3. The fraction of sp³-hybridized carbons (Fsp3) is 0.0500. The van der Waals surface area contributed by atoms with Crippen molar-refractivity contribution in [2.45, 2.75) is 0 Å². The maximum absolute atomic E-state index is 12.1. The third kappa shape index (κ3) is 4.24. The van der Waals surface area contributed by atoms with Crippen LogP contribution >= 0.6 is 0 Å². The number of amides is 1. The van der Waals surface area contributed by atoms with E-state index in [1.807, 2.05) is 0 Å². The van der Waals surface area contributed by atoms with Crippen LogP contribution in [0.15, 0.2) is 77.4 Å². The van der Waals surface area contributed by atoms with Gasteiger partial charge in [-0.25, -0.2) is 4.79 Å². The van der Waals surface area contributed by atoms with Crippen LogP contribution in [0.25, 0.3) is 0 Å². The highest BCUT2D eigenvalue weighted by Crippen LogP contribution is 2.14. The summed E-state index contributed by atoms with van der Waals surface area (Å²) in [5.74, 6) is -1.21. The molecule has 0 unspecified atom stereocenters. The Hall–Kier alpha value is -3.67. The molecule has 1 aromatic heterocycles. The molecule has 6 nitrogen and oxygen atoms in total. The summed E-state index contributed by atoms with van der Waals surface area (Å²) in [6, 6.07) is 18.0. The number of anilines is 1. The molecule has 0 bridgehead atoms. The van der Waals surface area contributed by atoms with Gasteiger partial charge in [-0.3, -0.25) is 9.59 Å². The fourth-order valence-electron chi connectivity index (χ4n) is 2.25. The molecule has 0 aliphatic rings. The zero-order valence-electron chi connectivity index (χ0n) is 13.7. The van der Waals surface area contributed by atoms with Gasteiger partial charge in [-0.05, 0) is 30.3 Å². The van der Waals surface area contributed by atoms with Gasteiger partial charge in [0.2, 0.25) is 0 Å². The molecular formula is C20H15NO5. The van der Waals surface area contributed by atoms with Gasteiger partial charge in [0.15, 0.2) is 18.2 Å². The number of ketones is 1. The number of hydrogen-bond donors (Lipinski definition) is 1. The molecule has 26 heavy (non-hydrogen) atoms. The first-order chi connectivity index (χ1) is 12.6. The Balaban J connectivity index is 1.61. The van der Waals surface area contributed by atoms with E-state index in [0.717, 1.165) is 0 Å². The maximum Gasteiger partial charge on any atom is 0.338 e. The lowest BCUT2D eigenvalue weighted by Gasteiger charge is -2.07. The molecule has 1 N–H and O–H groups in total. The molecule has 0 atom stereocenters. The van der Waals surface area contributed by atoms with Crippen LogP contribution in [-0.4, -0.2) is 24.3 Å². The first-order valence-electron chi connectivity index (χ1n) is 7.84. The summed E-state index contributed by atoms with van der Waals surface area (Å²) in [4.78, 5) is 36.1. The molecule has 1 heterocycles. The third-order valence-corrected chi connectivity index (χ3v) is 3.53. The molecule has 0 saturated heterocycles. The normalized spacial score (nSPS) is 10.2. The molecule has 0 aliphatic heterocycles. The smallest absolute Gasteiger partial charge is 0.338 e. The lowest BCUT2D eigenvalue weighted by molar-refractivity contribution is 0.0474. The number of benzene rings is 2. The van der Waals surface area contributed by atoms with Crippen LogP contribution in [-0.2, 0) is 4.74 Å². The molecule has 0 radical (unpaired) electrons. The number of carbonyl (C=O) groups excluding carboxylic acids is 3. The SMILES string of the molecule is O=C(COC(=O)c1cccc(NC(=O)c2ccco2)c1)c1ccccc1. The van der Waals surface area contributed by atoms with Gasteiger partial charge in [-0.1, -0.05) is 36.4 Å². The Morgan fingerprint density at radius 3 is 2.38 bits per heavy atom. The van der Waals surface area contributed by atoms with Gasteiger partial charge in [0.05, 0.1) is 11.8 Å². The molecule has 1 amide bonds. The first-order valence-corrected chi connectivity index (χ1v) is 7.84. The summed E-state index contributed by atoms with van der Waals surface area (Å²) in [6.45, 7) is -0.355. The van der Waals surface area contributed by atoms with Gasteiger partial charge in [0, 0.05) is 11.3 Å². The zero-order chi connectivity index (χ0) is 18.4. The summed E-state index contributed by atoms with van der Waals surface area (Å²) in [5.41, 5.74) is 1.11. The van der Waals surface area contributed by atoms with E-state index in [1.54, 1.807) is 48.5 Å². The topological polar surface area (TPSA) is 85.6 Å². The molecule has 3 aromatic rings. The van der Waals surface area contributed by atoms with Crippen molar-refractivity contribution in [3.63, 3.8) is 0 Å². The molecule has 0 saturated carbocycles. The zero-order valence-corrected chi connectivity index (χ0v) is 13.7. The number of furan rings is 1. The van der Waals surface area contributed by atoms with Gasteiger partial charge in [0.1, 0.15) is 0 Å². The van der Waals surface area contributed by atoms with E-state index in [2.05, 4.69) is 5.32 Å². The third-order valence-electron chi connectivity index (χ3n) is 3.53. The molecule has 0 aliphatic carbocycles. The number of esters is 1. The van der Waals surface area contributed by atoms with Crippen LogP contribution in [0, 0.1) is 0 Å². The van der Waals surface area contributed by atoms with Crippen LogP contribution in [0.4, 0.5) is 5.69 Å². The lowest BCUT2D eigenvalue weighted by Crippen LogP contribution is -2.15. The highest BCUT2D eigenvalue weighted by Gasteiger charge is 2.14. The lowest BCUT2D eigenvalue weighted by atomic mass is 10.1. The Bertz CT molecular complexity index is 916. The minimum Gasteiger partial charge on any atom is -0.459 e. The Labute approximate surface area is 149 Å². The number of Topliss-reactive ketones (excluding diaryl/α,β-unsaturated/α-hetero) is 1. The van der Waals surface area contributed by atoms with Crippen LogP contribution in [0.3, 0.4) is 0 Å². The van der Waals surface area contributed by atoms with Crippen molar-refractivity contribution in [1.82, 2.24) is 0 Å². The number of ether oxygens (including phenoxy) is 1. The van der Waals surface area contributed by atoms with E-state index in [1.165, 1.54) is 24.5 Å². The highest BCUT2D eigenvalue weighted by molar-refractivity contribution is 6.03. The Morgan fingerprint density at radius 1 is 0.885 bits per heavy atom. The van der Waals surface area contributed by atoms with Crippen molar-refractivity contribution in [1.29, 1.82) is 0 Å². The van der Waals surface area contributed by atoms with Crippen molar-refractivity contribution in [3.8, 4) is 0 Å². The summed E-state index contributed by atoms with van der Waals surface area (Å²) in [7, 11) is 0. The minimum absolute atomic E-state index is 0.159. The second-order valence-electron chi connectivity index (χ2n) is 5.38. The largest absolute Gasteiger partial charge is 0.459 e. The van der Waals surface area contributed by atoms with E-state index < -0.39 is 11.9 Å². The molecular weight excluding hydrogens is 334 g/mol. The molecule has 130 valence electrons. The molecule has 2 aromatic carbocycles. The molecule has 6 heteroatoms. The average molecular weight is 349 g/mol. The van der Waals surface area contributed by atoms with E-state index in [9.17, 15) is 14.4 Å². The second-order valence-corrected chi connectivity index (χ2v) is 5.38. The summed E-state index contributed by atoms with van der Waals surface area (Å²) in [5, 5.41) is 2.62. The molecule has 3 rings (SSSR count). The van der Waals surface area contributed by atoms with Crippen LogP contribution < -0.4 is 5.32 Å². The van der Waals surface area contributed by atoms with E-state index >= 15 is 0 Å². The predicted molar refractivity (Wildman–Crippen MR) is 94.2 cm³/mol. The van der Waals surface area contributed by atoms with Crippen molar-refractivity contribution in [2.75, 3.05) is 11.9 Å². The fourth-order valence-corrected chi connectivity index (χ4v) is 2.25. The minimum atomic E-state index is -0.650. The molecule has 0 fully saturated rings. The number of rotatable bonds is 6. The average Bonchev–Trinajstić information content (AvgIpc) is 3.22. The first kappa shape index (κ1) is 17.2. The standard InChI is InChI=1S/C20H15NO5/c22-17(14-6-2-1-3-7-14)13-26-20(24)15-8-4-9-16(12-15)21-19(23)18-10-5-11-25-18/h1-12H,13H2,(H,21,23). The van der Waals surface area contributed by atoms with E-state index in [4.69, 9.17) is 9.15 Å². The van der Waals surface area contributed by atoms with Gasteiger partial charge in [-0.15, -0.1) is 0 Å². The van der Waals surface area contributed by atoms with Gasteiger partial charge in [0.25, 0.3) is 5.91 Å². The Kier molecular flexibility index (Phi) is 5.24. The van der Waals surface area contributed by atoms with Crippen LogP contribution in [0.5, 0.6) is 0 Å². The van der Waals surface area contributed by atoms with Gasteiger partial charge in [-0.2, -0.15) is 0 Å². The number of hydrogen-bond acceptors (Lipinski definition) is 5. The van der Waals surface area contributed by atoms with Crippen LogP contribution in [0.2, 0.25) is 0 Å².